The minimum absolute atomic E-state index is 0.143. The molecule has 0 spiro atoms. The summed E-state index contributed by atoms with van der Waals surface area (Å²) in [5, 5.41) is 0. The van der Waals surface area contributed by atoms with Crippen molar-refractivity contribution in [2.45, 2.75) is 37.9 Å². The van der Waals surface area contributed by atoms with Crippen LogP contribution in [0.25, 0.3) is 17.1 Å². The van der Waals surface area contributed by atoms with Crippen LogP contribution in [0.5, 0.6) is 0 Å². The van der Waals surface area contributed by atoms with E-state index in [-0.39, 0.29) is 6.04 Å². The van der Waals surface area contributed by atoms with Gasteiger partial charge in [0.05, 0.1) is 5.56 Å². The maximum Gasteiger partial charge on any atom is 0.416 e. The molecule has 1 saturated carbocycles. The van der Waals surface area contributed by atoms with E-state index in [9.17, 15) is 18.0 Å². The first kappa shape index (κ1) is 15.9. The van der Waals surface area contributed by atoms with Gasteiger partial charge in [-0.2, -0.15) is 13.2 Å². The Morgan fingerprint density at radius 3 is 2.60 bits per heavy atom. The van der Waals surface area contributed by atoms with Gasteiger partial charge in [-0.05, 0) is 31.0 Å². The standard InChI is InChI=1S/C17H15F3N4O/c18-17(19,20)11-7-9-23(14(25)10-11)16-22-13-6-3-8-21-15(13)24(16)12-4-1-2-5-12/h3,6-10,12H,1-2,4-5H2. The maximum absolute atomic E-state index is 12.8. The smallest absolute Gasteiger partial charge is 0.291 e. The van der Waals surface area contributed by atoms with Gasteiger partial charge >= 0.3 is 6.18 Å². The van der Waals surface area contributed by atoms with E-state index in [0.717, 1.165) is 42.5 Å². The van der Waals surface area contributed by atoms with Gasteiger partial charge in [-0.1, -0.05) is 12.8 Å². The molecule has 0 N–H and O–H groups in total. The molecule has 8 heteroatoms. The molecule has 25 heavy (non-hydrogen) atoms. The van der Waals surface area contributed by atoms with Crippen molar-refractivity contribution in [1.82, 2.24) is 19.1 Å². The molecular weight excluding hydrogens is 333 g/mol. The number of alkyl halides is 3. The van der Waals surface area contributed by atoms with Gasteiger partial charge in [0, 0.05) is 24.5 Å². The molecule has 5 nitrogen and oxygen atoms in total. The zero-order valence-electron chi connectivity index (χ0n) is 13.2. The van der Waals surface area contributed by atoms with E-state index in [1.807, 2.05) is 4.57 Å². The van der Waals surface area contributed by atoms with Crippen molar-refractivity contribution in [3.05, 3.63) is 52.6 Å². The number of aromatic nitrogens is 4. The van der Waals surface area contributed by atoms with Crippen LogP contribution in [0.4, 0.5) is 13.2 Å². The van der Waals surface area contributed by atoms with Crippen LogP contribution in [0.1, 0.15) is 37.3 Å². The summed E-state index contributed by atoms with van der Waals surface area (Å²) in [6.07, 6.45) is 2.24. The molecule has 3 heterocycles. The number of rotatable bonds is 2. The molecular formula is C17H15F3N4O. The highest BCUT2D eigenvalue weighted by Crippen LogP contribution is 2.34. The zero-order valence-corrected chi connectivity index (χ0v) is 13.2. The molecule has 1 fully saturated rings. The van der Waals surface area contributed by atoms with Crippen molar-refractivity contribution in [3.8, 4) is 5.95 Å². The molecule has 0 atom stereocenters. The summed E-state index contributed by atoms with van der Waals surface area (Å²) in [4.78, 5) is 21.1. The highest BCUT2D eigenvalue weighted by atomic mass is 19.4. The molecule has 0 amide bonds. The molecule has 3 aromatic rings. The Kier molecular flexibility index (Phi) is 3.63. The van der Waals surface area contributed by atoms with E-state index in [0.29, 0.717) is 23.2 Å². The zero-order chi connectivity index (χ0) is 17.6. The fourth-order valence-electron chi connectivity index (χ4n) is 3.41. The SMILES string of the molecule is O=c1cc(C(F)(F)F)ccn1-c1nc2cccnc2n1C1CCCC1. The summed E-state index contributed by atoms with van der Waals surface area (Å²) in [7, 11) is 0. The topological polar surface area (TPSA) is 52.7 Å². The first-order valence-electron chi connectivity index (χ1n) is 8.08. The van der Waals surface area contributed by atoms with Crippen LogP contribution in [-0.4, -0.2) is 19.1 Å². The minimum Gasteiger partial charge on any atom is -0.291 e. The van der Waals surface area contributed by atoms with Crippen LogP contribution in [0.15, 0.2) is 41.5 Å². The Hall–Kier alpha value is -2.64. The quantitative estimate of drug-likeness (QED) is 0.709. The average molecular weight is 348 g/mol. The Morgan fingerprint density at radius 1 is 1.16 bits per heavy atom. The van der Waals surface area contributed by atoms with E-state index in [1.54, 1.807) is 18.3 Å². The van der Waals surface area contributed by atoms with Gasteiger partial charge in [0.25, 0.3) is 5.56 Å². The van der Waals surface area contributed by atoms with Gasteiger partial charge in [0.1, 0.15) is 5.52 Å². The first-order valence-corrected chi connectivity index (χ1v) is 8.08. The third-order valence-electron chi connectivity index (χ3n) is 4.58. The molecule has 0 aliphatic heterocycles. The highest BCUT2D eigenvalue weighted by molar-refractivity contribution is 5.73. The molecule has 0 radical (unpaired) electrons. The van der Waals surface area contributed by atoms with Crippen LogP contribution < -0.4 is 5.56 Å². The number of imidazole rings is 1. The lowest BCUT2D eigenvalue weighted by atomic mass is 10.2. The monoisotopic (exact) mass is 348 g/mol. The second-order valence-corrected chi connectivity index (χ2v) is 6.19. The van der Waals surface area contributed by atoms with Gasteiger partial charge in [0.2, 0.25) is 5.95 Å². The predicted octanol–water partition coefficient (Wildman–Crippen LogP) is 3.72. The normalized spacial score (nSPS) is 16.0. The van der Waals surface area contributed by atoms with E-state index in [1.165, 1.54) is 0 Å². The Morgan fingerprint density at radius 2 is 1.92 bits per heavy atom. The third-order valence-corrected chi connectivity index (χ3v) is 4.58. The van der Waals surface area contributed by atoms with E-state index in [4.69, 9.17) is 0 Å². The minimum atomic E-state index is -4.55. The third kappa shape index (κ3) is 2.71. The fourth-order valence-corrected chi connectivity index (χ4v) is 3.41. The Bertz CT molecular complexity index is 983. The molecule has 3 aromatic heterocycles. The molecule has 1 aliphatic rings. The number of fused-ring (bicyclic) bond motifs is 1. The van der Waals surface area contributed by atoms with Crippen molar-refractivity contribution >= 4 is 11.2 Å². The molecule has 1 aliphatic carbocycles. The lowest BCUT2D eigenvalue weighted by molar-refractivity contribution is -0.137. The number of halogens is 3. The summed E-state index contributed by atoms with van der Waals surface area (Å²) >= 11 is 0. The second kappa shape index (κ2) is 5.72. The number of hydrogen-bond donors (Lipinski definition) is 0. The van der Waals surface area contributed by atoms with E-state index >= 15 is 0 Å². The van der Waals surface area contributed by atoms with Gasteiger partial charge < -0.3 is 0 Å². The van der Waals surface area contributed by atoms with E-state index < -0.39 is 17.3 Å². The highest BCUT2D eigenvalue weighted by Gasteiger charge is 2.31. The number of nitrogens with zero attached hydrogens (tertiary/aromatic N) is 4. The van der Waals surface area contributed by atoms with Gasteiger partial charge in [-0.25, -0.2) is 9.97 Å². The summed E-state index contributed by atoms with van der Waals surface area (Å²) in [6, 6.07) is 5.17. The summed E-state index contributed by atoms with van der Waals surface area (Å²) in [5.74, 6) is 0.319. The van der Waals surface area contributed by atoms with E-state index in [2.05, 4.69) is 9.97 Å². The molecule has 0 aromatic carbocycles. The predicted molar refractivity (Wildman–Crippen MR) is 85.6 cm³/mol. The fraction of sp³-hybridized carbons (Fsp3) is 0.353. The van der Waals surface area contributed by atoms with Crippen LogP contribution in [0.2, 0.25) is 0 Å². The largest absolute Gasteiger partial charge is 0.416 e. The van der Waals surface area contributed by atoms with Gasteiger partial charge in [-0.3, -0.25) is 13.9 Å². The molecule has 0 unspecified atom stereocenters. The first-order chi connectivity index (χ1) is 11.9. The molecule has 130 valence electrons. The molecule has 0 saturated heterocycles. The molecule has 0 bridgehead atoms. The van der Waals surface area contributed by atoms with Crippen molar-refractivity contribution < 1.29 is 13.2 Å². The van der Waals surface area contributed by atoms with Crippen LogP contribution >= 0.6 is 0 Å². The van der Waals surface area contributed by atoms with Gasteiger partial charge in [-0.15, -0.1) is 0 Å². The Balaban J connectivity index is 1.92. The summed E-state index contributed by atoms with van der Waals surface area (Å²) in [5.41, 5.74) is -0.452. The van der Waals surface area contributed by atoms with Crippen LogP contribution in [0.3, 0.4) is 0 Å². The second-order valence-electron chi connectivity index (χ2n) is 6.19. The van der Waals surface area contributed by atoms with Crippen LogP contribution in [-0.2, 0) is 6.18 Å². The lowest BCUT2D eigenvalue weighted by Crippen LogP contribution is -2.24. The lowest BCUT2D eigenvalue weighted by Gasteiger charge is -2.16. The average Bonchev–Trinajstić information content (AvgIpc) is 3.20. The van der Waals surface area contributed by atoms with Crippen molar-refractivity contribution in [2.75, 3.05) is 0 Å². The summed E-state index contributed by atoms with van der Waals surface area (Å²) in [6.45, 7) is 0. The van der Waals surface area contributed by atoms with Crippen molar-refractivity contribution in [3.63, 3.8) is 0 Å². The van der Waals surface area contributed by atoms with Crippen LogP contribution in [0, 0.1) is 0 Å². The number of hydrogen-bond acceptors (Lipinski definition) is 3. The van der Waals surface area contributed by atoms with Crippen molar-refractivity contribution in [1.29, 1.82) is 0 Å². The maximum atomic E-state index is 12.8. The van der Waals surface area contributed by atoms with Gasteiger partial charge in [0.15, 0.2) is 5.65 Å². The summed E-state index contributed by atoms with van der Waals surface area (Å²) < 4.78 is 41.5. The van der Waals surface area contributed by atoms with Crippen molar-refractivity contribution in [2.24, 2.45) is 0 Å². The Labute approximate surface area is 140 Å². The number of pyridine rings is 2. The molecule has 4 rings (SSSR count).